The Labute approximate surface area is 107 Å². The van der Waals surface area contributed by atoms with E-state index in [1.807, 2.05) is 0 Å². The zero-order valence-corrected chi connectivity index (χ0v) is 12.1. The molecule has 0 aromatic heterocycles. The minimum absolute atomic E-state index is 0.483. The van der Waals surface area contributed by atoms with Crippen molar-refractivity contribution in [1.29, 1.82) is 0 Å². The number of hydrogen-bond acceptors (Lipinski definition) is 1. The lowest BCUT2D eigenvalue weighted by Crippen LogP contribution is -2.40. The van der Waals surface area contributed by atoms with E-state index in [9.17, 15) is 0 Å². The van der Waals surface area contributed by atoms with Crippen molar-refractivity contribution in [2.75, 3.05) is 6.54 Å². The van der Waals surface area contributed by atoms with Gasteiger partial charge in [0.05, 0.1) is 0 Å². The fourth-order valence-corrected chi connectivity index (χ4v) is 3.27. The van der Waals surface area contributed by atoms with Crippen LogP contribution >= 0.6 is 0 Å². The van der Waals surface area contributed by atoms with Crippen LogP contribution in [-0.4, -0.2) is 12.6 Å². The largest absolute Gasteiger partial charge is 0.310 e. The molecule has 1 aliphatic heterocycles. The van der Waals surface area contributed by atoms with E-state index in [0.29, 0.717) is 11.5 Å². The van der Waals surface area contributed by atoms with E-state index < -0.39 is 0 Å². The van der Waals surface area contributed by atoms with Gasteiger partial charge in [-0.15, -0.1) is 0 Å². The summed E-state index contributed by atoms with van der Waals surface area (Å²) in [5.41, 5.74) is 2.19. The third kappa shape index (κ3) is 3.34. The van der Waals surface area contributed by atoms with Crippen LogP contribution in [0.15, 0.2) is 11.6 Å². The second-order valence-electron chi connectivity index (χ2n) is 7.26. The van der Waals surface area contributed by atoms with Crippen LogP contribution in [0.1, 0.15) is 59.8 Å². The lowest BCUT2D eigenvalue weighted by molar-refractivity contribution is 0.216. The minimum atomic E-state index is 0.483. The molecule has 2 aliphatic rings. The maximum atomic E-state index is 3.72. The fourth-order valence-electron chi connectivity index (χ4n) is 3.27. The van der Waals surface area contributed by atoms with Crippen molar-refractivity contribution in [2.45, 2.75) is 65.8 Å². The summed E-state index contributed by atoms with van der Waals surface area (Å²) in [6.07, 6.45) is 9.32. The Morgan fingerprint density at radius 3 is 2.41 bits per heavy atom. The van der Waals surface area contributed by atoms with Gasteiger partial charge >= 0.3 is 0 Å². The summed E-state index contributed by atoms with van der Waals surface area (Å²) >= 11 is 0. The van der Waals surface area contributed by atoms with E-state index in [1.165, 1.54) is 38.6 Å². The second kappa shape index (κ2) is 5.14. The SMILES string of the molecule is CC1CCC(C2=CCC(C(C)(C)C)CC2)NC1. The number of rotatable bonds is 1. The first kappa shape index (κ1) is 13.1. The first-order valence-corrected chi connectivity index (χ1v) is 7.39. The van der Waals surface area contributed by atoms with Gasteiger partial charge in [0.2, 0.25) is 0 Å². The molecule has 1 heterocycles. The summed E-state index contributed by atoms with van der Waals surface area (Å²) in [6, 6.07) is 0.701. The van der Waals surface area contributed by atoms with Crippen LogP contribution in [0.5, 0.6) is 0 Å². The van der Waals surface area contributed by atoms with Gasteiger partial charge < -0.3 is 5.32 Å². The van der Waals surface area contributed by atoms with Crippen molar-refractivity contribution in [3.8, 4) is 0 Å². The van der Waals surface area contributed by atoms with Crippen LogP contribution in [0.2, 0.25) is 0 Å². The summed E-state index contributed by atoms with van der Waals surface area (Å²) in [5, 5.41) is 3.72. The van der Waals surface area contributed by atoms with Gasteiger partial charge in [-0.3, -0.25) is 0 Å². The monoisotopic (exact) mass is 235 g/mol. The van der Waals surface area contributed by atoms with Gasteiger partial charge in [-0.2, -0.15) is 0 Å². The van der Waals surface area contributed by atoms with Gasteiger partial charge in [0.25, 0.3) is 0 Å². The molecule has 17 heavy (non-hydrogen) atoms. The molecule has 3 unspecified atom stereocenters. The topological polar surface area (TPSA) is 12.0 Å². The Bertz CT molecular complexity index is 276. The van der Waals surface area contributed by atoms with Gasteiger partial charge in [0.1, 0.15) is 0 Å². The van der Waals surface area contributed by atoms with E-state index in [2.05, 4.69) is 39.1 Å². The molecule has 1 saturated heterocycles. The van der Waals surface area contributed by atoms with Crippen molar-refractivity contribution < 1.29 is 0 Å². The maximum Gasteiger partial charge on any atom is 0.0279 e. The Balaban J connectivity index is 1.90. The predicted molar refractivity (Wildman–Crippen MR) is 75.1 cm³/mol. The van der Waals surface area contributed by atoms with Crippen molar-refractivity contribution in [1.82, 2.24) is 5.32 Å². The zero-order valence-electron chi connectivity index (χ0n) is 12.1. The Morgan fingerprint density at radius 2 is 1.94 bits per heavy atom. The first-order chi connectivity index (χ1) is 7.97. The van der Waals surface area contributed by atoms with Crippen LogP contribution in [0.3, 0.4) is 0 Å². The predicted octanol–water partition coefficient (Wildman–Crippen LogP) is 4.15. The molecule has 1 fully saturated rings. The molecule has 1 heteroatoms. The third-order valence-corrected chi connectivity index (χ3v) is 4.78. The Hall–Kier alpha value is -0.300. The quantitative estimate of drug-likeness (QED) is 0.673. The van der Waals surface area contributed by atoms with Gasteiger partial charge in [0, 0.05) is 6.04 Å². The second-order valence-corrected chi connectivity index (χ2v) is 7.26. The zero-order chi connectivity index (χ0) is 12.5. The molecule has 0 saturated carbocycles. The summed E-state index contributed by atoms with van der Waals surface area (Å²) in [7, 11) is 0. The van der Waals surface area contributed by atoms with Crippen LogP contribution in [0.4, 0.5) is 0 Å². The molecule has 0 aromatic carbocycles. The van der Waals surface area contributed by atoms with E-state index in [-0.39, 0.29) is 0 Å². The van der Waals surface area contributed by atoms with Crippen LogP contribution in [-0.2, 0) is 0 Å². The van der Waals surface area contributed by atoms with E-state index >= 15 is 0 Å². The average molecular weight is 235 g/mol. The molecular weight excluding hydrogens is 206 g/mol. The van der Waals surface area contributed by atoms with E-state index in [0.717, 1.165) is 11.8 Å². The van der Waals surface area contributed by atoms with Crippen LogP contribution in [0, 0.1) is 17.3 Å². The molecular formula is C16H29N. The summed E-state index contributed by atoms with van der Waals surface area (Å²) in [4.78, 5) is 0. The van der Waals surface area contributed by atoms with Gasteiger partial charge in [-0.05, 0) is 55.9 Å². The molecule has 0 amide bonds. The first-order valence-electron chi connectivity index (χ1n) is 7.39. The minimum Gasteiger partial charge on any atom is -0.310 e. The number of allylic oxidation sites excluding steroid dienone is 1. The van der Waals surface area contributed by atoms with Gasteiger partial charge in [0.15, 0.2) is 0 Å². The van der Waals surface area contributed by atoms with Crippen LogP contribution < -0.4 is 5.32 Å². The van der Waals surface area contributed by atoms with Crippen molar-refractivity contribution in [3.05, 3.63) is 11.6 Å². The van der Waals surface area contributed by atoms with Crippen molar-refractivity contribution in [3.63, 3.8) is 0 Å². The van der Waals surface area contributed by atoms with Gasteiger partial charge in [-0.1, -0.05) is 39.3 Å². The van der Waals surface area contributed by atoms with Gasteiger partial charge in [-0.25, -0.2) is 0 Å². The van der Waals surface area contributed by atoms with Crippen LogP contribution in [0.25, 0.3) is 0 Å². The highest BCUT2D eigenvalue weighted by atomic mass is 14.9. The third-order valence-electron chi connectivity index (χ3n) is 4.78. The highest BCUT2D eigenvalue weighted by Gasteiger charge is 2.29. The number of piperidine rings is 1. The molecule has 0 radical (unpaired) electrons. The molecule has 1 aliphatic carbocycles. The summed E-state index contributed by atoms with van der Waals surface area (Å²) in [5.74, 6) is 1.76. The Morgan fingerprint density at radius 1 is 1.18 bits per heavy atom. The van der Waals surface area contributed by atoms with E-state index in [4.69, 9.17) is 0 Å². The lowest BCUT2D eigenvalue weighted by atomic mass is 9.72. The maximum absolute atomic E-state index is 3.72. The van der Waals surface area contributed by atoms with E-state index in [1.54, 1.807) is 5.57 Å². The molecule has 0 bridgehead atoms. The highest BCUT2D eigenvalue weighted by molar-refractivity contribution is 5.15. The summed E-state index contributed by atoms with van der Waals surface area (Å²) < 4.78 is 0. The molecule has 2 rings (SSSR count). The van der Waals surface area contributed by atoms with Crippen molar-refractivity contribution >= 4 is 0 Å². The summed E-state index contributed by atoms with van der Waals surface area (Å²) in [6.45, 7) is 10.7. The Kier molecular flexibility index (Phi) is 3.97. The molecule has 0 spiro atoms. The number of nitrogens with one attached hydrogen (secondary N) is 1. The standard InChI is InChI=1S/C16H29N/c1-12-5-10-15(17-11-12)13-6-8-14(9-7-13)16(2,3)4/h6,12,14-15,17H,5,7-11H2,1-4H3. The lowest BCUT2D eigenvalue weighted by Gasteiger charge is -2.37. The molecule has 1 nitrogen and oxygen atoms in total. The fraction of sp³-hybridized carbons (Fsp3) is 0.875. The van der Waals surface area contributed by atoms with Crippen molar-refractivity contribution in [2.24, 2.45) is 17.3 Å². The molecule has 3 atom stereocenters. The highest BCUT2D eigenvalue weighted by Crippen LogP contribution is 2.38. The molecule has 1 N–H and O–H groups in total. The number of hydrogen-bond donors (Lipinski definition) is 1. The average Bonchev–Trinajstić information content (AvgIpc) is 2.29. The normalized spacial score (nSPS) is 35.5. The smallest absolute Gasteiger partial charge is 0.0279 e. The molecule has 0 aromatic rings. The molecule has 98 valence electrons.